The summed E-state index contributed by atoms with van der Waals surface area (Å²) in [6.07, 6.45) is 1.60. The number of para-hydroxylation sites is 1. The molecule has 0 saturated carbocycles. The van der Waals surface area contributed by atoms with Gasteiger partial charge in [-0.15, -0.1) is 0 Å². The average Bonchev–Trinajstić information content (AvgIpc) is 2.51. The van der Waals surface area contributed by atoms with Crippen molar-refractivity contribution in [1.29, 1.82) is 0 Å². The Morgan fingerprint density at radius 3 is 2.61 bits per heavy atom. The fourth-order valence-corrected chi connectivity index (χ4v) is 3.65. The van der Waals surface area contributed by atoms with E-state index in [2.05, 4.69) is 4.98 Å². The molecule has 1 aromatic heterocycles. The van der Waals surface area contributed by atoms with Gasteiger partial charge in [0.1, 0.15) is 9.92 Å². The Kier molecular flexibility index (Phi) is 4.19. The molecule has 0 spiro atoms. The van der Waals surface area contributed by atoms with Gasteiger partial charge < -0.3 is 4.18 Å². The maximum atomic E-state index is 12.6. The molecule has 0 unspecified atom stereocenters. The zero-order valence-corrected chi connectivity index (χ0v) is 14.3. The molecule has 0 N–H and O–H groups in total. The molecule has 2 aromatic carbocycles. The fraction of sp³-hybridized carbons (Fsp3) is 0.0625. The maximum absolute atomic E-state index is 12.6. The lowest BCUT2D eigenvalue weighted by Gasteiger charge is -2.11. The van der Waals surface area contributed by atoms with Crippen molar-refractivity contribution in [2.24, 2.45) is 0 Å². The van der Waals surface area contributed by atoms with Gasteiger partial charge in [-0.3, -0.25) is 4.98 Å². The third-order valence-corrected chi connectivity index (χ3v) is 5.26. The van der Waals surface area contributed by atoms with E-state index in [1.165, 1.54) is 12.1 Å². The first-order valence-electron chi connectivity index (χ1n) is 6.62. The summed E-state index contributed by atoms with van der Waals surface area (Å²) in [6.45, 7) is 1.88. The van der Waals surface area contributed by atoms with Gasteiger partial charge in [-0.25, -0.2) is 0 Å². The summed E-state index contributed by atoms with van der Waals surface area (Å²) in [5.74, 6) is -0.0247. The van der Waals surface area contributed by atoms with Crippen molar-refractivity contribution in [3.63, 3.8) is 0 Å². The Balaban J connectivity index is 2.12. The van der Waals surface area contributed by atoms with E-state index in [-0.39, 0.29) is 20.7 Å². The minimum Gasteiger partial charge on any atom is -0.377 e. The summed E-state index contributed by atoms with van der Waals surface area (Å²) in [5.41, 5.74) is 1.28. The molecule has 4 nitrogen and oxygen atoms in total. The highest BCUT2D eigenvalue weighted by Crippen LogP contribution is 2.34. The Morgan fingerprint density at radius 2 is 1.83 bits per heavy atom. The topological polar surface area (TPSA) is 56.3 Å². The van der Waals surface area contributed by atoms with E-state index in [0.29, 0.717) is 10.9 Å². The molecule has 0 aliphatic rings. The summed E-state index contributed by atoms with van der Waals surface area (Å²) in [6, 6.07) is 11.3. The van der Waals surface area contributed by atoms with Crippen LogP contribution < -0.4 is 4.18 Å². The van der Waals surface area contributed by atoms with E-state index in [4.69, 9.17) is 27.4 Å². The molecule has 0 fully saturated rings. The second kappa shape index (κ2) is 6.00. The Hall–Kier alpha value is -1.82. The third kappa shape index (κ3) is 3.13. The minimum absolute atomic E-state index is 0.0222. The van der Waals surface area contributed by atoms with Gasteiger partial charge in [0.25, 0.3) is 0 Å². The van der Waals surface area contributed by atoms with Crippen molar-refractivity contribution < 1.29 is 12.6 Å². The van der Waals surface area contributed by atoms with Crippen LogP contribution in [0.5, 0.6) is 5.75 Å². The largest absolute Gasteiger partial charge is 0.377 e. The average molecular weight is 368 g/mol. The van der Waals surface area contributed by atoms with Crippen LogP contribution in [0.3, 0.4) is 0 Å². The van der Waals surface area contributed by atoms with Gasteiger partial charge in [-0.2, -0.15) is 8.42 Å². The quantitative estimate of drug-likeness (QED) is 0.633. The van der Waals surface area contributed by atoms with Gasteiger partial charge in [0.2, 0.25) is 0 Å². The van der Waals surface area contributed by atoms with Gasteiger partial charge in [-0.05, 0) is 36.8 Å². The summed E-state index contributed by atoms with van der Waals surface area (Å²) in [5, 5.41) is 0.972. The van der Waals surface area contributed by atoms with Crippen LogP contribution in [-0.4, -0.2) is 13.4 Å². The van der Waals surface area contributed by atoms with Crippen molar-refractivity contribution in [1.82, 2.24) is 4.98 Å². The number of aromatic nitrogens is 1. The Bertz CT molecular complexity index is 1000. The highest BCUT2D eigenvalue weighted by Gasteiger charge is 2.22. The van der Waals surface area contributed by atoms with E-state index in [1.807, 2.05) is 13.0 Å². The number of hydrogen-bond acceptors (Lipinski definition) is 4. The normalized spacial score (nSPS) is 11.6. The van der Waals surface area contributed by atoms with Crippen LogP contribution in [0.1, 0.15) is 5.56 Å². The molecule has 3 aromatic rings. The predicted octanol–water partition coefficient (Wildman–Crippen LogP) is 4.62. The first kappa shape index (κ1) is 16.1. The summed E-state index contributed by atoms with van der Waals surface area (Å²) in [4.78, 5) is 4.19. The standard InChI is InChI=1S/C16H11Cl2NO3S/c1-10-8-11-4-2-7-14(16(11)19-9-10)23(20,21)22-13-6-3-5-12(17)15(13)18/h2-9H,1H3. The number of benzene rings is 2. The lowest BCUT2D eigenvalue weighted by molar-refractivity contribution is 0.487. The van der Waals surface area contributed by atoms with Crippen LogP contribution >= 0.6 is 23.2 Å². The van der Waals surface area contributed by atoms with Crippen molar-refractivity contribution in [3.05, 3.63) is 64.3 Å². The van der Waals surface area contributed by atoms with Gasteiger partial charge in [0, 0.05) is 11.6 Å². The Morgan fingerprint density at radius 1 is 1.09 bits per heavy atom. The molecule has 0 atom stereocenters. The monoisotopic (exact) mass is 367 g/mol. The number of nitrogens with zero attached hydrogens (tertiary/aromatic N) is 1. The van der Waals surface area contributed by atoms with Crippen molar-refractivity contribution in [3.8, 4) is 5.75 Å². The molecule has 0 radical (unpaired) electrons. The van der Waals surface area contributed by atoms with Crippen LogP contribution in [0.4, 0.5) is 0 Å². The number of hydrogen-bond donors (Lipinski definition) is 0. The molecule has 1 heterocycles. The van der Waals surface area contributed by atoms with Crippen molar-refractivity contribution in [2.45, 2.75) is 11.8 Å². The zero-order valence-electron chi connectivity index (χ0n) is 12.0. The first-order valence-corrected chi connectivity index (χ1v) is 8.79. The number of halogens is 2. The fourth-order valence-electron chi connectivity index (χ4n) is 2.16. The van der Waals surface area contributed by atoms with Crippen LogP contribution in [0.25, 0.3) is 10.9 Å². The molecular formula is C16H11Cl2NO3S. The minimum atomic E-state index is -4.10. The molecule has 118 valence electrons. The highest BCUT2D eigenvalue weighted by atomic mass is 35.5. The molecule has 0 amide bonds. The zero-order chi connectivity index (χ0) is 16.6. The maximum Gasteiger partial charge on any atom is 0.341 e. The smallest absolute Gasteiger partial charge is 0.341 e. The lowest BCUT2D eigenvalue weighted by atomic mass is 10.2. The second-order valence-electron chi connectivity index (χ2n) is 4.93. The molecule has 0 saturated heterocycles. The predicted molar refractivity (Wildman–Crippen MR) is 90.8 cm³/mol. The Labute approximate surface area is 143 Å². The summed E-state index contributed by atoms with van der Waals surface area (Å²) < 4.78 is 30.4. The van der Waals surface area contributed by atoms with Gasteiger partial charge in [0.05, 0.1) is 10.5 Å². The SMILES string of the molecule is Cc1cnc2c(S(=O)(=O)Oc3cccc(Cl)c3Cl)cccc2c1. The van der Waals surface area contributed by atoms with Crippen LogP contribution in [0.2, 0.25) is 10.0 Å². The van der Waals surface area contributed by atoms with Crippen molar-refractivity contribution >= 4 is 44.2 Å². The molecule has 7 heteroatoms. The molecule has 0 aliphatic heterocycles. The highest BCUT2D eigenvalue weighted by molar-refractivity contribution is 7.87. The summed E-state index contributed by atoms with van der Waals surface area (Å²) >= 11 is 11.9. The summed E-state index contributed by atoms with van der Waals surface area (Å²) in [7, 11) is -4.10. The van der Waals surface area contributed by atoms with E-state index in [0.717, 1.165) is 5.56 Å². The second-order valence-corrected chi connectivity index (χ2v) is 7.23. The third-order valence-electron chi connectivity index (χ3n) is 3.20. The van der Waals surface area contributed by atoms with E-state index in [9.17, 15) is 8.42 Å². The van der Waals surface area contributed by atoms with Crippen LogP contribution in [0, 0.1) is 6.92 Å². The first-order chi connectivity index (χ1) is 10.9. The molecule has 3 rings (SSSR count). The van der Waals surface area contributed by atoms with Crippen LogP contribution in [0.15, 0.2) is 53.6 Å². The van der Waals surface area contributed by atoms with Gasteiger partial charge in [-0.1, -0.05) is 41.4 Å². The number of rotatable bonds is 3. The lowest BCUT2D eigenvalue weighted by Crippen LogP contribution is -2.11. The number of aryl methyl sites for hydroxylation is 1. The van der Waals surface area contributed by atoms with Crippen LogP contribution in [-0.2, 0) is 10.1 Å². The molecule has 0 aliphatic carbocycles. The molecular weight excluding hydrogens is 357 g/mol. The molecule has 0 bridgehead atoms. The van der Waals surface area contributed by atoms with E-state index < -0.39 is 10.1 Å². The van der Waals surface area contributed by atoms with E-state index >= 15 is 0 Å². The number of fused-ring (bicyclic) bond motifs is 1. The van der Waals surface area contributed by atoms with Crippen molar-refractivity contribution in [2.75, 3.05) is 0 Å². The molecule has 23 heavy (non-hydrogen) atoms. The van der Waals surface area contributed by atoms with E-state index in [1.54, 1.807) is 30.5 Å². The number of pyridine rings is 1. The van der Waals surface area contributed by atoms with Gasteiger partial charge in [0.15, 0.2) is 5.75 Å². The van der Waals surface area contributed by atoms with Gasteiger partial charge >= 0.3 is 10.1 Å².